The summed E-state index contributed by atoms with van der Waals surface area (Å²) in [5.74, 6) is -0.412. The molecule has 0 saturated carbocycles. The monoisotopic (exact) mass is 298 g/mol. The summed E-state index contributed by atoms with van der Waals surface area (Å²) in [4.78, 5) is 24.0. The second kappa shape index (κ2) is 7.95. The molecule has 2 N–H and O–H groups in total. The molecule has 22 heavy (non-hydrogen) atoms. The van der Waals surface area contributed by atoms with Crippen molar-refractivity contribution < 1.29 is 14.3 Å². The number of anilines is 1. The van der Waals surface area contributed by atoms with Crippen molar-refractivity contribution in [1.29, 1.82) is 0 Å². The number of hydrogen-bond donors (Lipinski definition) is 2. The fraction of sp³-hybridized carbons (Fsp3) is 0.176. The Labute approximate surface area is 129 Å². The molecule has 2 rings (SSSR count). The molecule has 0 aliphatic heterocycles. The second-order valence-electron chi connectivity index (χ2n) is 4.65. The first-order valence-corrected chi connectivity index (χ1v) is 6.94. The molecule has 0 fully saturated rings. The zero-order chi connectivity index (χ0) is 15.8. The van der Waals surface area contributed by atoms with Gasteiger partial charge in [-0.15, -0.1) is 0 Å². The zero-order valence-electron chi connectivity index (χ0n) is 12.3. The van der Waals surface area contributed by atoms with Crippen LogP contribution in [0.15, 0.2) is 54.6 Å². The third-order valence-electron chi connectivity index (χ3n) is 3.01. The van der Waals surface area contributed by atoms with E-state index in [4.69, 9.17) is 4.74 Å². The zero-order valence-corrected chi connectivity index (χ0v) is 12.3. The minimum atomic E-state index is -0.211. The average molecular weight is 298 g/mol. The maximum absolute atomic E-state index is 12.1. The molecular formula is C17H18N2O3. The molecular weight excluding hydrogens is 280 g/mol. The first kappa shape index (κ1) is 15.7. The van der Waals surface area contributed by atoms with E-state index in [2.05, 4.69) is 10.6 Å². The third kappa shape index (κ3) is 4.43. The summed E-state index contributed by atoms with van der Waals surface area (Å²) in [6, 6.07) is 15.7. The lowest BCUT2D eigenvalue weighted by atomic mass is 10.1. The van der Waals surface area contributed by atoms with Crippen LogP contribution in [0.2, 0.25) is 0 Å². The standard InChI is InChI=1S/C17H18N2O3/c1-22-11-10-18-16(20)14-8-5-9-15(12-14)19-17(21)13-6-3-2-4-7-13/h2-9,12H,10-11H2,1H3,(H,18,20)(H,19,21). The number of benzene rings is 2. The predicted octanol–water partition coefficient (Wildman–Crippen LogP) is 2.32. The molecule has 114 valence electrons. The van der Waals surface area contributed by atoms with Crippen molar-refractivity contribution in [3.63, 3.8) is 0 Å². The molecule has 0 aliphatic rings. The minimum absolute atomic E-state index is 0.201. The van der Waals surface area contributed by atoms with Crippen molar-refractivity contribution in [2.75, 3.05) is 25.6 Å². The summed E-state index contributed by atoms with van der Waals surface area (Å²) >= 11 is 0. The highest BCUT2D eigenvalue weighted by Crippen LogP contribution is 2.12. The largest absolute Gasteiger partial charge is 0.383 e. The van der Waals surface area contributed by atoms with Crippen LogP contribution in [0.3, 0.4) is 0 Å². The smallest absolute Gasteiger partial charge is 0.255 e. The highest BCUT2D eigenvalue weighted by atomic mass is 16.5. The number of ether oxygens (including phenoxy) is 1. The van der Waals surface area contributed by atoms with E-state index in [1.54, 1.807) is 55.6 Å². The van der Waals surface area contributed by atoms with Gasteiger partial charge in [-0.25, -0.2) is 0 Å². The predicted molar refractivity (Wildman–Crippen MR) is 85.0 cm³/mol. The first-order chi connectivity index (χ1) is 10.7. The molecule has 2 amide bonds. The van der Waals surface area contributed by atoms with Gasteiger partial charge in [-0.05, 0) is 30.3 Å². The van der Waals surface area contributed by atoms with Crippen LogP contribution >= 0.6 is 0 Å². The van der Waals surface area contributed by atoms with Gasteiger partial charge in [0.2, 0.25) is 0 Å². The summed E-state index contributed by atoms with van der Waals surface area (Å²) in [5, 5.41) is 5.51. The number of amides is 2. The molecule has 0 unspecified atom stereocenters. The SMILES string of the molecule is COCCNC(=O)c1cccc(NC(=O)c2ccccc2)c1. The Morgan fingerprint density at radius 3 is 2.41 bits per heavy atom. The molecule has 0 atom stereocenters. The van der Waals surface area contributed by atoms with E-state index < -0.39 is 0 Å². The van der Waals surface area contributed by atoms with Crippen LogP contribution in [0.5, 0.6) is 0 Å². The quantitative estimate of drug-likeness (QED) is 0.804. The molecule has 0 radical (unpaired) electrons. The molecule has 0 aliphatic carbocycles. The Kier molecular flexibility index (Phi) is 5.68. The molecule has 0 bridgehead atoms. The maximum atomic E-state index is 12.1. The molecule has 2 aromatic carbocycles. The van der Waals surface area contributed by atoms with Crippen molar-refractivity contribution in [2.24, 2.45) is 0 Å². The van der Waals surface area contributed by atoms with Crippen LogP contribution < -0.4 is 10.6 Å². The maximum Gasteiger partial charge on any atom is 0.255 e. The van der Waals surface area contributed by atoms with E-state index in [1.807, 2.05) is 6.07 Å². The minimum Gasteiger partial charge on any atom is -0.383 e. The third-order valence-corrected chi connectivity index (χ3v) is 3.01. The summed E-state index contributed by atoms with van der Waals surface area (Å²) in [7, 11) is 1.58. The van der Waals surface area contributed by atoms with Gasteiger partial charge in [-0.3, -0.25) is 9.59 Å². The van der Waals surface area contributed by atoms with Gasteiger partial charge in [0.1, 0.15) is 0 Å². The Bertz CT molecular complexity index is 641. The van der Waals surface area contributed by atoms with Gasteiger partial charge in [-0.2, -0.15) is 0 Å². The van der Waals surface area contributed by atoms with Crippen LogP contribution in [0.25, 0.3) is 0 Å². The second-order valence-corrected chi connectivity index (χ2v) is 4.65. The van der Waals surface area contributed by atoms with Gasteiger partial charge in [0, 0.05) is 30.5 Å². The lowest BCUT2D eigenvalue weighted by Gasteiger charge is -2.08. The van der Waals surface area contributed by atoms with Gasteiger partial charge < -0.3 is 15.4 Å². The summed E-state index contributed by atoms with van der Waals surface area (Å²) in [6.07, 6.45) is 0. The molecule has 0 heterocycles. The fourth-order valence-electron chi connectivity index (χ4n) is 1.90. The summed E-state index contributed by atoms with van der Waals surface area (Å²) < 4.78 is 4.88. The van der Waals surface area contributed by atoms with E-state index in [0.29, 0.717) is 30.0 Å². The number of methoxy groups -OCH3 is 1. The first-order valence-electron chi connectivity index (χ1n) is 6.94. The van der Waals surface area contributed by atoms with Gasteiger partial charge in [-0.1, -0.05) is 24.3 Å². The Hall–Kier alpha value is -2.66. The van der Waals surface area contributed by atoms with Gasteiger partial charge in [0.05, 0.1) is 6.61 Å². The van der Waals surface area contributed by atoms with E-state index in [9.17, 15) is 9.59 Å². The lowest BCUT2D eigenvalue weighted by molar-refractivity contribution is 0.0936. The highest BCUT2D eigenvalue weighted by molar-refractivity contribution is 6.05. The highest BCUT2D eigenvalue weighted by Gasteiger charge is 2.08. The van der Waals surface area contributed by atoms with Crippen molar-refractivity contribution in [1.82, 2.24) is 5.32 Å². The van der Waals surface area contributed by atoms with Crippen LogP contribution in [-0.2, 0) is 4.74 Å². The number of carbonyl (C=O) groups excluding carboxylic acids is 2. The Balaban J connectivity index is 2.02. The number of nitrogens with one attached hydrogen (secondary N) is 2. The van der Waals surface area contributed by atoms with Crippen molar-refractivity contribution in [2.45, 2.75) is 0 Å². The molecule has 0 aromatic heterocycles. The Morgan fingerprint density at radius 2 is 1.68 bits per heavy atom. The molecule has 0 saturated heterocycles. The normalized spacial score (nSPS) is 10.0. The molecule has 5 nitrogen and oxygen atoms in total. The Morgan fingerprint density at radius 1 is 0.955 bits per heavy atom. The lowest BCUT2D eigenvalue weighted by Crippen LogP contribution is -2.27. The van der Waals surface area contributed by atoms with E-state index in [1.165, 1.54) is 0 Å². The van der Waals surface area contributed by atoms with Crippen molar-refractivity contribution in [3.05, 3.63) is 65.7 Å². The van der Waals surface area contributed by atoms with E-state index >= 15 is 0 Å². The average Bonchev–Trinajstić information content (AvgIpc) is 2.56. The number of rotatable bonds is 6. The van der Waals surface area contributed by atoms with E-state index in [0.717, 1.165) is 0 Å². The van der Waals surface area contributed by atoms with E-state index in [-0.39, 0.29) is 11.8 Å². The topological polar surface area (TPSA) is 67.4 Å². The van der Waals surface area contributed by atoms with Crippen LogP contribution in [0.4, 0.5) is 5.69 Å². The summed E-state index contributed by atoms with van der Waals surface area (Å²) in [6.45, 7) is 0.895. The molecule has 5 heteroatoms. The van der Waals surface area contributed by atoms with Crippen molar-refractivity contribution >= 4 is 17.5 Å². The summed E-state index contributed by atoms with van der Waals surface area (Å²) in [5.41, 5.74) is 1.63. The van der Waals surface area contributed by atoms with Crippen LogP contribution in [0.1, 0.15) is 20.7 Å². The molecule has 0 spiro atoms. The number of hydrogen-bond acceptors (Lipinski definition) is 3. The van der Waals surface area contributed by atoms with Crippen molar-refractivity contribution in [3.8, 4) is 0 Å². The fourth-order valence-corrected chi connectivity index (χ4v) is 1.90. The molecule has 2 aromatic rings. The van der Waals surface area contributed by atoms with Crippen LogP contribution in [0, 0.1) is 0 Å². The van der Waals surface area contributed by atoms with Crippen LogP contribution in [-0.4, -0.2) is 32.1 Å². The van der Waals surface area contributed by atoms with Gasteiger partial charge >= 0.3 is 0 Å². The van der Waals surface area contributed by atoms with Gasteiger partial charge in [0.15, 0.2) is 0 Å². The van der Waals surface area contributed by atoms with Gasteiger partial charge in [0.25, 0.3) is 11.8 Å². The number of carbonyl (C=O) groups is 2.